The normalized spacial score (nSPS) is 14.9. The fourth-order valence-corrected chi connectivity index (χ4v) is 4.94. The van der Waals surface area contributed by atoms with Crippen LogP contribution >= 0.6 is 58.2 Å². The largest absolute Gasteiger partial charge is 0.489 e. The second-order valence-electron chi connectivity index (χ2n) is 7.06. The number of imide groups is 1. The second-order valence-corrected chi connectivity index (χ2v) is 9.72. The van der Waals surface area contributed by atoms with Crippen LogP contribution < -0.4 is 4.74 Å². The van der Waals surface area contributed by atoms with Crippen molar-refractivity contribution in [3.63, 3.8) is 0 Å². The molecule has 0 saturated carbocycles. The average Bonchev–Trinajstić information content (AvgIpc) is 3.03. The van der Waals surface area contributed by atoms with Gasteiger partial charge in [0.2, 0.25) is 0 Å². The third-order valence-electron chi connectivity index (χ3n) is 4.82. The fraction of sp³-hybridized carbons (Fsp3) is 0.0833. The number of rotatable bonds is 6. The quantitative estimate of drug-likeness (QED) is 0.297. The highest BCUT2D eigenvalue weighted by Crippen LogP contribution is 2.36. The van der Waals surface area contributed by atoms with Crippen LogP contribution in [0.4, 0.5) is 4.79 Å². The Hall–Kier alpha value is -2.15. The lowest BCUT2D eigenvalue weighted by molar-refractivity contribution is -0.123. The molecule has 0 radical (unpaired) electrons. The second kappa shape index (κ2) is 10.4. The summed E-state index contributed by atoms with van der Waals surface area (Å²) in [5, 5.41) is 1.49. The predicted molar refractivity (Wildman–Crippen MR) is 135 cm³/mol. The molecular weight excluding hydrogens is 524 g/mol. The Labute approximate surface area is 215 Å². The van der Waals surface area contributed by atoms with Gasteiger partial charge in [0.25, 0.3) is 11.1 Å². The maximum atomic E-state index is 12.9. The summed E-state index contributed by atoms with van der Waals surface area (Å²) < 4.78 is 5.84. The summed E-state index contributed by atoms with van der Waals surface area (Å²) in [5.41, 5.74) is 2.04. The van der Waals surface area contributed by atoms with E-state index < -0.39 is 5.91 Å². The van der Waals surface area contributed by atoms with Crippen LogP contribution in [0.3, 0.4) is 0 Å². The van der Waals surface area contributed by atoms with Crippen LogP contribution in [0, 0.1) is 0 Å². The Kier molecular flexibility index (Phi) is 7.57. The summed E-state index contributed by atoms with van der Waals surface area (Å²) in [6, 6.07) is 17.4. The van der Waals surface area contributed by atoms with E-state index >= 15 is 0 Å². The first-order chi connectivity index (χ1) is 15.8. The summed E-state index contributed by atoms with van der Waals surface area (Å²) in [5.74, 6) is 0.192. The van der Waals surface area contributed by atoms with E-state index in [1.54, 1.807) is 60.7 Å². The first-order valence-corrected chi connectivity index (χ1v) is 12.0. The van der Waals surface area contributed by atoms with Gasteiger partial charge in [0.15, 0.2) is 0 Å². The molecule has 1 fully saturated rings. The van der Waals surface area contributed by atoms with Crippen LogP contribution in [0.2, 0.25) is 20.1 Å². The molecule has 3 aromatic carbocycles. The molecule has 9 heteroatoms. The first kappa shape index (κ1) is 24.0. The molecule has 0 bridgehead atoms. The Morgan fingerprint density at radius 2 is 1.61 bits per heavy atom. The SMILES string of the molecule is O=C1SC(=Cc2cccc(OCc3ccc(Cl)cc3Cl)c2)C(=O)N1Cc1c(Cl)cccc1Cl. The molecule has 0 aromatic heterocycles. The molecule has 4 nitrogen and oxygen atoms in total. The molecule has 1 aliphatic rings. The minimum absolute atomic E-state index is 0.00547. The molecule has 0 aliphatic carbocycles. The van der Waals surface area contributed by atoms with Crippen LogP contribution in [0.5, 0.6) is 5.75 Å². The van der Waals surface area contributed by atoms with E-state index in [0.717, 1.165) is 27.8 Å². The van der Waals surface area contributed by atoms with E-state index in [4.69, 9.17) is 51.1 Å². The highest BCUT2D eigenvalue weighted by Gasteiger charge is 2.35. The third-order valence-corrected chi connectivity index (χ3v) is 7.02. The van der Waals surface area contributed by atoms with Gasteiger partial charge in [0.05, 0.1) is 11.4 Å². The van der Waals surface area contributed by atoms with Crippen molar-refractivity contribution < 1.29 is 14.3 Å². The number of carbonyl (C=O) groups excluding carboxylic acids is 2. The summed E-state index contributed by atoms with van der Waals surface area (Å²) in [6.07, 6.45) is 1.65. The molecule has 0 N–H and O–H groups in total. The number of carbonyl (C=O) groups is 2. The number of nitrogens with zero attached hydrogens (tertiary/aromatic N) is 1. The maximum absolute atomic E-state index is 12.9. The number of amides is 2. The highest BCUT2D eigenvalue weighted by atomic mass is 35.5. The van der Waals surface area contributed by atoms with Crippen LogP contribution in [0.15, 0.2) is 65.6 Å². The molecule has 0 spiro atoms. The number of thioether (sulfide) groups is 1. The maximum Gasteiger partial charge on any atom is 0.293 e. The zero-order valence-corrected chi connectivity index (χ0v) is 20.7. The Morgan fingerprint density at radius 3 is 2.33 bits per heavy atom. The molecule has 4 rings (SSSR count). The van der Waals surface area contributed by atoms with E-state index in [9.17, 15) is 9.59 Å². The van der Waals surface area contributed by atoms with Crippen LogP contribution in [-0.2, 0) is 17.9 Å². The van der Waals surface area contributed by atoms with Crippen LogP contribution in [0.1, 0.15) is 16.7 Å². The van der Waals surface area contributed by atoms with Crippen molar-refractivity contribution in [3.05, 3.63) is 102 Å². The third kappa shape index (κ3) is 5.68. The standard InChI is InChI=1S/C24H15Cl4NO3S/c25-16-8-7-15(21(28)11-16)13-32-17-4-1-3-14(9-17)10-22-23(30)29(24(31)33-22)12-18-19(26)5-2-6-20(18)27/h1-11H,12-13H2. The van der Waals surface area contributed by atoms with Gasteiger partial charge in [-0.05, 0) is 59.8 Å². The molecular formula is C24H15Cl4NO3S. The average molecular weight is 539 g/mol. The van der Waals surface area contributed by atoms with Crippen molar-refractivity contribution in [2.45, 2.75) is 13.2 Å². The smallest absolute Gasteiger partial charge is 0.293 e. The van der Waals surface area contributed by atoms with E-state index in [0.29, 0.717) is 36.3 Å². The Bertz CT molecular complexity index is 1260. The van der Waals surface area contributed by atoms with E-state index in [2.05, 4.69) is 0 Å². The molecule has 2 amide bonds. The number of hydrogen-bond donors (Lipinski definition) is 0. The van der Waals surface area contributed by atoms with Crippen molar-refractivity contribution in [1.29, 1.82) is 0 Å². The molecule has 33 heavy (non-hydrogen) atoms. The lowest BCUT2D eigenvalue weighted by Crippen LogP contribution is -2.27. The molecule has 1 saturated heterocycles. The molecule has 3 aromatic rings. The minimum Gasteiger partial charge on any atom is -0.489 e. The molecule has 1 aliphatic heterocycles. The van der Waals surface area contributed by atoms with Gasteiger partial charge in [0, 0.05) is 31.2 Å². The number of ether oxygens (including phenoxy) is 1. The monoisotopic (exact) mass is 537 g/mol. The fourth-order valence-electron chi connectivity index (χ4n) is 3.12. The van der Waals surface area contributed by atoms with Crippen molar-refractivity contribution >= 4 is 75.4 Å². The molecule has 1 heterocycles. The van der Waals surface area contributed by atoms with Gasteiger partial charge in [0.1, 0.15) is 12.4 Å². The predicted octanol–water partition coefficient (Wildman–Crippen LogP) is 8.12. The Balaban J connectivity index is 1.48. The van der Waals surface area contributed by atoms with Gasteiger partial charge in [-0.3, -0.25) is 14.5 Å². The van der Waals surface area contributed by atoms with Gasteiger partial charge in [-0.15, -0.1) is 0 Å². The van der Waals surface area contributed by atoms with Gasteiger partial charge in [-0.2, -0.15) is 0 Å². The lowest BCUT2D eigenvalue weighted by Gasteiger charge is -2.14. The minimum atomic E-state index is -0.403. The zero-order chi connectivity index (χ0) is 23.5. The summed E-state index contributed by atoms with van der Waals surface area (Å²) >= 11 is 25.4. The summed E-state index contributed by atoms with van der Waals surface area (Å²) in [7, 11) is 0. The first-order valence-electron chi connectivity index (χ1n) is 9.67. The van der Waals surface area contributed by atoms with Crippen molar-refractivity contribution in [2.75, 3.05) is 0 Å². The van der Waals surface area contributed by atoms with E-state index in [-0.39, 0.29) is 18.4 Å². The van der Waals surface area contributed by atoms with E-state index in [1.807, 2.05) is 6.07 Å². The summed E-state index contributed by atoms with van der Waals surface area (Å²) in [4.78, 5) is 26.8. The van der Waals surface area contributed by atoms with Crippen molar-refractivity contribution in [1.82, 2.24) is 4.90 Å². The summed E-state index contributed by atoms with van der Waals surface area (Å²) in [6.45, 7) is 0.264. The van der Waals surface area contributed by atoms with Crippen LogP contribution in [0.25, 0.3) is 6.08 Å². The van der Waals surface area contributed by atoms with Gasteiger partial charge in [-0.1, -0.05) is 70.7 Å². The number of hydrogen-bond acceptors (Lipinski definition) is 4. The zero-order valence-electron chi connectivity index (χ0n) is 16.9. The molecule has 0 atom stereocenters. The van der Waals surface area contributed by atoms with Crippen molar-refractivity contribution in [3.8, 4) is 5.75 Å². The molecule has 168 valence electrons. The van der Waals surface area contributed by atoms with Gasteiger partial charge >= 0.3 is 0 Å². The van der Waals surface area contributed by atoms with Gasteiger partial charge in [-0.25, -0.2) is 0 Å². The molecule has 0 unspecified atom stereocenters. The van der Waals surface area contributed by atoms with Gasteiger partial charge < -0.3 is 4.74 Å². The highest BCUT2D eigenvalue weighted by molar-refractivity contribution is 8.18. The lowest BCUT2D eigenvalue weighted by atomic mass is 10.2. The van der Waals surface area contributed by atoms with E-state index in [1.165, 1.54) is 0 Å². The number of benzene rings is 3. The number of halogens is 4. The Morgan fingerprint density at radius 1 is 0.879 bits per heavy atom. The van der Waals surface area contributed by atoms with Crippen molar-refractivity contribution in [2.24, 2.45) is 0 Å². The van der Waals surface area contributed by atoms with Crippen LogP contribution in [-0.4, -0.2) is 16.0 Å². The topological polar surface area (TPSA) is 46.6 Å².